The molecule has 1 nitrogen and oxygen atoms in total. The highest BCUT2D eigenvalue weighted by Crippen LogP contribution is 2.42. The molecular formula is C11H25N. The van der Waals surface area contributed by atoms with Crippen LogP contribution in [-0.2, 0) is 0 Å². The molecule has 1 heteroatoms. The predicted molar refractivity (Wildman–Crippen MR) is 56.4 cm³/mol. The van der Waals surface area contributed by atoms with Gasteiger partial charge in [-0.15, -0.1) is 0 Å². The first-order valence-corrected chi connectivity index (χ1v) is 4.75. The van der Waals surface area contributed by atoms with Gasteiger partial charge in [0.2, 0.25) is 0 Å². The Labute approximate surface area is 77.9 Å². The van der Waals surface area contributed by atoms with E-state index in [-0.39, 0.29) is 16.4 Å². The van der Waals surface area contributed by atoms with Gasteiger partial charge in [0.25, 0.3) is 0 Å². The lowest BCUT2D eigenvalue weighted by molar-refractivity contribution is 0.0459. The molecule has 0 spiro atoms. The summed E-state index contributed by atoms with van der Waals surface area (Å²) in [6, 6.07) is 0. The Morgan fingerprint density at radius 3 is 0.917 bits per heavy atom. The highest BCUT2D eigenvalue weighted by Gasteiger charge is 2.45. The Kier molecular flexibility index (Phi) is 3.01. The molecule has 0 radical (unpaired) electrons. The molecule has 0 aromatic heterocycles. The van der Waals surface area contributed by atoms with E-state index in [1.54, 1.807) is 0 Å². The van der Waals surface area contributed by atoms with E-state index in [2.05, 4.69) is 60.8 Å². The molecule has 0 aliphatic heterocycles. The second-order valence-electron chi connectivity index (χ2n) is 5.88. The fourth-order valence-corrected chi connectivity index (χ4v) is 1.88. The third-order valence-corrected chi connectivity index (χ3v) is 3.50. The van der Waals surface area contributed by atoms with Gasteiger partial charge in [-0.1, -0.05) is 41.5 Å². The molecule has 0 rings (SSSR count). The van der Waals surface area contributed by atoms with E-state index in [0.717, 1.165) is 0 Å². The van der Waals surface area contributed by atoms with Crippen molar-refractivity contribution in [1.29, 1.82) is 0 Å². The van der Waals surface area contributed by atoms with E-state index in [4.69, 9.17) is 0 Å². The van der Waals surface area contributed by atoms with Crippen LogP contribution in [0.15, 0.2) is 0 Å². The Morgan fingerprint density at radius 2 is 0.917 bits per heavy atom. The highest BCUT2D eigenvalue weighted by atomic mass is 15.0. The predicted octanol–water partition coefficient (Wildman–Crippen LogP) is 3.06. The van der Waals surface area contributed by atoms with Gasteiger partial charge in [0, 0.05) is 5.54 Å². The van der Waals surface area contributed by atoms with Gasteiger partial charge >= 0.3 is 0 Å². The molecule has 74 valence electrons. The van der Waals surface area contributed by atoms with Crippen LogP contribution < -0.4 is 5.32 Å². The van der Waals surface area contributed by atoms with Gasteiger partial charge in [-0.2, -0.15) is 0 Å². The van der Waals surface area contributed by atoms with E-state index in [0.29, 0.717) is 0 Å². The van der Waals surface area contributed by atoms with Crippen LogP contribution in [0.4, 0.5) is 0 Å². The van der Waals surface area contributed by atoms with E-state index in [1.807, 2.05) is 0 Å². The van der Waals surface area contributed by atoms with Crippen LogP contribution >= 0.6 is 0 Å². The maximum absolute atomic E-state index is 3.46. The highest BCUT2D eigenvalue weighted by molar-refractivity contribution is 5.01. The zero-order chi connectivity index (χ0) is 10.2. The minimum Gasteiger partial charge on any atom is -0.314 e. The molecule has 0 aliphatic rings. The standard InChI is InChI=1S/C11H25N/c1-9(2,3)11(7,12-8)10(4,5)6/h12H,1-8H3. The lowest BCUT2D eigenvalue weighted by Crippen LogP contribution is -2.59. The monoisotopic (exact) mass is 171 g/mol. The zero-order valence-corrected chi connectivity index (χ0v) is 10.0. The molecule has 0 aliphatic carbocycles. The van der Waals surface area contributed by atoms with E-state index >= 15 is 0 Å². The van der Waals surface area contributed by atoms with Crippen molar-refractivity contribution in [2.75, 3.05) is 7.05 Å². The topological polar surface area (TPSA) is 12.0 Å². The molecule has 0 amide bonds. The lowest BCUT2D eigenvalue weighted by Gasteiger charge is -2.51. The van der Waals surface area contributed by atoms with Gasteiger partial charge in [-0.25, -0.2) is 0 Å². The maximum atomic E-state index is 3.46. The zero-order valence-electron chi connectivity index (χ0n) is 10.0. The van der Waals surface area contributed by atoms with Crippen LogP contribution in [0.1, 0.15) is 48.5 Å². The van der Waals surface area contributed by atoms with Gasteiger partial charge < -0.3 is 5.32 Å². The van der Waals surface area contributed by atoms with E-state index in [1.165, 1.54) is 0 Å². The van der Waals surface area contributed by atoms with E-state index in [9.17, 15) is 0 Å². The largest absolute Gasteiger partial charge is 0.314 e. The van der Waals surface area contributed by atoms with Crippen LogP contribution in [0.25, 0.3) is 0 Å². The van der Waals surface area contributed by atoms with Gasteiger partial charge in [-0.3, -0.25) is 0 Å². The molecule has 0 atom stereocenters. The molecule has 0 saturated heterocycles. The molecule has 1 N–H and O–H groups in total. The molecule has 0 fully saturated rings. The van der Waals surface area contributed by atoms with Crippen molar-refractivity contribution in [2.24, 2.45) is 10.8 Å². The molecule has 0 aromatic carbocycles. The van der Waals surface area contributed by atoms with Gasteiger partial charge in [0.1, 0.15) is 0 Å². The summed E-state index contributed by atoms with van der Waals surface area (Å²) in [6.07, 6.45) is 0. The van der Waals surface area contributed by atoms with Gasteiger partial charge in [0.15, 0.2) is 0 Å². The Hall–Kier alpha value is -0.0400. The summed E-state index contributed by atoms with van der Waals surface area (Å²) in [5.74, 6) is 0. The van der Waals surface area contributed by atoms with Crippen molar-refractivity contribution >= 4 is 0 Å². The number of nitrogens with one attached hydrogen (secondary N) is 1. The molecule has 0 aromatic rings. The molecule has 12 heavy (non-hydrogen) atoms. The summed E-state index contributed by atoms with van der Waals surface area (Å²) in [5.41, 5.74) is 0.722. The van der Waals surface area contributed by atoms with Crippen LogP contribution in [-0.4, -0.2) is 12.6 Å². The first kappa shape index (κ1) is 12.0. The van der Waals surface area contributed by atoms with Crippen LogP contribution in [0.3, 0.4) is 0 Å². The van der Waals surface area contributed by atoms with Crippen molar-refractivity contribution < 1.29 is 0 Å². The summed E-state index contributed by atoms with van der Waals surface area (Å²) in [7, 11) is 2.05. The second kappa shape index (κ2) is 3.02. The minimum absolute atomic E-state index is 0.167. The first-order chi connectivity index (χ1) is 5.06. The number of hydrogen-bond acceptors (Lipinski definition) is 1. The first-order valence-electron chi connectivity index (χ1n) is 4.75. The maximum Gasteiger partial charge on any atom is 0.0247 e. The summed E-state index contributed by atoms with van der Waals surface area (Å²) in [6.45, 7) is 16.0. The Bertz CT molecular complexity index is 131. The summed E-state index contributed by atoms with van der Waals surface area (Å²) in [5, 5.41) is 3.46. The van der Waals surface area contributed by atoms with Crippen molar-refractivity contribution in [3.8, 4) is 0 Å². The Balaban J connectivity index is 4.95. The normalized spacial score (nSPS) is 15.0. The van der Waals surface area contributed by atoms with Crippen molar-refractivity contribution in [3.05, 3.63) is 0 Å². The average Bonchev–Trinajstić information content (AvgIpc) is 1.81. The SMILES string of the molecule is CNC(C)(C(C)(C)C)C(C)(C)C. The second-order valence-corrected chi connectivity index (χ2v) is 5.88. The summed E-state index contributed by atoms with van der Waals surface area (Å²) >= 11 is 0. The third-order valence-electron chi connectivity index (χ3n) is 3.50. The molecular weight excluding hydrogens is 146 g/mol. The fourth-order valence-electron chi connectivity index (χ4n) is 1.88. The lowest BCUT2D eigenvalue weighted by atomic mass is 9.61. The smallest absolute Gasteiger partial charge is 0.0247 e. The average molecular weight is 171 g/mol. The van der Waals surface area contributed by atoms with Gasteiger partial charge in [0.05, 0.1) is 0 Å². The molecule has 0 heterocycles. The summed E-state index contributed by atoms with van der Waals surface area (Å²) < 4.78 is 0. The number of rotatable bonds is 1. The quantitative estimate of drug-likeness (QED) is 0.639. The number of hydrogen-bond donors (Lipinski definition) is 1. The molecule has 0 bridgehead atoms. The third kappa shape index (κ3) is 1.82. The molecule has 0 unspecified atom stereocenters. The van der Waals surface area contributed by atoms with Crippen molar-refractivity contribution in [1.82, 2.24) is 5.32 Å². The van der Waals surface area contributed by atoms with Gasteiger partial charge in [-0.05, 0) is 24.8 Å². The van der Waals surface area contributed by atoms with E-state index < -0.39 is 0 Å². The fraction of sp³-hybridized carbons (Fsp3) is 1.00. The van der Waals surface area contributed by atoms with Crippen molar-refractivity contribution in [2.45, 2.75) is 54.0 Å². The van der Waals surface area contributed by atoms with Crippen LogP contribution in [0.5, 0.6) is 0 Å². The summed E-state index contributed by atoms with van der Waals surface area (Å²) in [4.78, 5) is 0. The van der Waals surface area contributed by atoms with Crippen molar-refractivity contribution in [3.63, 3.8) is 0 Å². The minimum atomic E-state index is 0.167. The van der Waals surface area contributed by atoms with Crippen LogP contribution in [0.2, 0.25) is 0 Å². The molecule has 0 saturated carbocycles. The Morgan fingerprint density at radius 1 is 0.667 bits per heavy atom. The van der Waals surface area contributed by atoms with Crippen LogP contribution in [0, 0.1) is 10.8 Å².